The summed E-state index contributed by atoms with van der Waals surface area (Å²) < 4.78 is 11.9. The molecule has 1 aromatic heterocycles. The fourth-order valence-corrected chi connectivity index (χ4v) is 5.90. The van der Waals surface area contributed by atoms with Gasteiger partial charge >= 0.3 is 0 Å². The summed E-state index contributed by atoms with van der Waals surface area (Å²) in [7, 11) is 1.60. The van der Waals surface area contributed by atoms with Gasteiger partial charge in [0.15, 0.2) is 5.13 Å². The molecule has 0 saturated carbocycles. The molecule has 228 valence electrons. The molecule has 1 heterocycles. The van der Waals surface area contributed by atoms with Crippen molar-refractivity contribution in [2.45, 2.75) is 11.8 Å². The van der Waals surface area contributed by atoms with Crippen LogP contribution in [0.2, 0.25) is 0 Å². The van der Waals surface area contributed by atoms with Crippen molar-refractivity contribution in [1.82, 2.24) is 10.3 Å². The molecular weight excluding hydrogens is 609 g/mol. The third-order valence-electron chi connectivity index (χ3n) is 6.35. The number of ether oxygens (including phenoxy) is 2. The average Bonchev–Trinajstić information content (AvgIpc) is 3.46. The van der Waals surface area contributed by atoms with Crippen LogP contribution in [0.15, 0.2) is 108 Å². The zero-order chi connectivity index (χ0) is 31.6. The highest BCUT2D eigenvalue weighted by Gasteiger charge is 2.17. The van der Waals surface area contributed by atoms with Crippen molar-refractivity contribution in [2.75, 3.05) is 30.1 Å². The van der Waals surface area contributed by atoms with Gasteiger partial charge in [0.25, 0.3) is 11.8 Å². The Balaban J connectivity index is 1.27. The normalized spacial score (nSPS) is 11.1. The highest BCUT2D eigenvalue weighted by atomic mass is 32.2. The highest BCUT2D eigenvalue weighted by Crippen LogP contribution is 2.30. The van der Waals surface area contributed by atoms with Crippen molar-refractivity contribution in [1.29, 1.82) is 0 Å². The van der Waals surface area contributed by atoms with Crippen molar-refractivity contribution in [3.63, 3.8) is 0 Å². The van der Waals surface area contributed by atoms with Gasteiger partial charge < -0.3 is 25.4 Å². The smallest absolute Gasteiger partial charge is 0.272 e. The molecular formula is C34H30N4O5S2. The van der Waals surface area contributed by atoms with Crippen molar-refractivity contribution >= 4 is 67.9 Å². The second kappa shape index (κ2) is 15.0. The number of carbonyl (C=O) groups excluding carboxylic acids is 3. The van der Waals surface area contributed by atoms with E-state index in [1.165, 1.54) is 23.1 Å². The molecule has 45 heavy (non-hydrogen) atoms. The summed E-state index contributed by atoms with van der Waals surface area (Å²) in [6, 6.07) is 28.6. The minimum atomic E-state index is -0.516. The lowest BCUT2D eigenvalue weighted by Crippen LogP contribution is -2.30. The number of thiazole rings is 1. The highest BCUT2D eigenvalue weighted by molar-refractivity contribution is 8.00. The standard InChI is InChI=1S/C34H30N4O5S2/c1-3-43-29-15-8-7-12-23(29)18-28(36-32(40)22-10-5-4-6-11-22)33(41)35-24-13-9-14-26(19-24)44-21-31(39)38-34-37-27-17-16-25(42-2)20-30(27)45-34/h4-20H,3,21H2,1-2H3,(H,35,41)(H,36,40)(H,37,38,39)/b28-18+. The quantitative estimate of drug-likeness (QED) is 0.101. The predicted octanol–water partition coefficient (Wildman–Crippen LogP) is 6.84. The molecule has 0 radical (unpaired) electrons. The number of fused-ring (bicyclic) bond motifs is 1. The second-order valence-corrected chi connectivity index (χ2v) is 11.6. The number of hydrogen-bond donors (Lipinski definition) is 3. The lowest BCUT2D eigenvalue weighted by Gasteiger charge is -2.13. The van der Waals surface area contributed by atoms with E-state index in [4.69, 9.17) is 9.47 Å². The predicted molar refractivity (Wildman–Crippen MR) is 180 cm³/mol. The minimum Gasteiger partial charge on any atom is -0.497 e. The van der Waals surface area contributed by atoms with Gasteiger partial charge in [0.05, 0.1) is 29.7 Å². The van der Waals surface area contributed by atoms with Gasteiger partial charge in [0.2, 0.25) is 5.91 Å². The van der Waals surface area contributed by atoms with Gasteiger partial charge in [-0.05, 0) is 67.6 Å². The molecule has 4 aromatic carbocycles. The van der Waals surface area contributed by atoms with E-state index in [9.17, 15) is 14.4 Å². The molecule has 3 amide bonds. The Morgan fingerprint density at radius 1 is 0.911 bits per heavy atom. The second-order valence-electron chi connectivity index (χ2n) is 9.52. The van der Waals surface area contributed by atoms with Gasteiger partial charge in [-0.25, -0.2) is 4.98 Å². The Morgan fingerprint density at radius 2 is 1.71 bits per heavy atom. The first kappa shape index (κ1) is 31.3. The van der Waals surface area contributed by atoms with Crippen molar-refractivity contribution in [3.05, 3.63) is 114 Å². The first-order valence-electron chi connectivity index (χ1n) is 14.0. The summed E-state index contributed by atoms with van der Waals surface area (Å²) in [4.78, 5) is 44.5. The molecule has 3 N–H and O–H groups in total. The van der Waals surface area contributed by atoms with Gasteiger partial charge in [-0.1, -0.05) is 53.8 Å². The van der Waals surface area contributed by atoms with E-state index in [1.54, 1.807) is 67.8 Å². The zero-order valence-electron chi connectivity index (χ0n) is 24.5. The van der Waals surface area contributed by atoms with E-state index in [0.29, 0.717) is 34.3 Å². The molecule has 0 aliphatic heterocycles. The maximum atomic E-state index is 13.5. The van der Waals surface area contributed by atoms with Crippen LogP contribution in [0.3, 0.4) is 0 Å². The number of rotatable bonds is 12. The van der Waals surface area contributed by atoms with E-state index in [1.807, 2.05) is 49.4 Å². The summed E-state index contributed by atoms with van der Waals surface area (Å²) in [5.74, 6) is 0.307. The van der Waals surface area contributed by atoms with Crippen LogP contribution in [0.5, 0.6) is 11.5 Å². The SMILES string of the molecule is CCOc1ccccc1/C=C(/NC(=O)c1ccccc1)C(=O)Nc1cccc(SCC(=O)Nc2nc3ccc(OC)cc3s2)c1. The number of aromatic nitrogens is 1. The number of methoxy groups -OCH3 is 1. The van der Waals surface area contributed by atoms with Gasteiger partial charge in [-0.15, -0.1) is 11.8 Å². The van der Waals surface area contributed by atoms with Crippen LogP contribution in [-0.2, 0) is 9.59 Å². The van der Waals surface area contributed by atoms with E-state index in [0.717, 1.165) is 20.9 Å². The van der Waals surface area contributed by atoms with Crippen molar-refractivity contribution in [2.24, 2.45) is 0 Å². The number of benzene rings is 4. The average molecular weight is 639 g/mol. The fraction of sp³-hybridized carbons (Fsp3) is 0.118. The summed E-state index contributed by atoms with van der Waals surface area (Å²) in [6.07, 6.45) is 1.59. The first-order valence-corrected chi connectivity index (χ1v) is 15.8. The molecule has 0 aliphatic rings. The molecule has 0 saturated heterocycles. The van der Waals surface area contributed by atoms with Crippen LogP contribution in [-0.4, -0.2) is 42.2 Å². The number of para-hydroxylation sites is 1. The third-order valence-corrected chi connectivity index (χ3v) is 8.28. The monoisotopic (exact) mass is 638 g/mol. The molecule has 0 spiro atoms. The van der Waals surface area contributed by atoms with Gasteiger partial charge in [0, 0.05) is 21.7 Å². The van der Waals surface area contributed by atoms with Crippen molar-refractivity contribution in [3.8, 4) is 11.5 Å². The van der Waals surface area contributed by atoms with E-state index in [2.05, 4.69) is 20.9 Å². The van der Waals surface area contributed by atoms with Crippen LogP contribution < -0.4 is 25.4 Å². The maximum absolute atomic E-state index is 13.5. The molecule has 5 aromatic rings. The number of amides is 3. The molecule has 0 bridgehead atoms. The van der Waals surface area contributed by atoms with Gasteiger partial charge in [-0.2, -0.15) is 0 Å². The Kier molecular flexibility index (Phi) is 10.5. The molecule has 11 heteroatoms. The number of thioether (sulfide) groups is 1. The molecule has 5 rings (SSSR count). The molecule has 0 atom stereocenters. The molecule has 0 fully saturated rings. The minimum absolute atomic E-state index is 0.0434. The Morgan fingerprint density at radius 3 is 2.51 bits per heavy atom. The number of nitrogens with one attached hydrogen (secondary N) is 3. The van der Waals surface area contributed by atoms with E-state index in [-0.39, 0.29) is 17.4 Å². The van der Waals surface area contributed by atoms with Gasteiger partial charge in [0.1, 0.15) is 17.2 Å². The van der Waals surface area contributed by atoms with E-state index >= 15 is 0 Å². The lowest BCUT2D eigenvalue weighted by molar-refractivity contribution is -0.114. The number of anilines is 2. The van der Waals surface area contributed by atoms with E-state index < -0.39 is 11.8 Å². The Hall–Kier alpha value is -5.13. The van der Waals surface area contributed by atoms with Gasteiger partial charge in [-0.3, -0.25) is 14.4 Å². The topological polar surface area (TPSA) is 119 Å². The zero-order valence-corrected chi connectivity index (χ0v) is 26.2. The fourth-order valence-electron chi connectivity index (χ4n) is 4.24. The lowest BCUT2D eigenvalue weighted by atomic mass is 10.1. The van der Waals surface area contributed by atoms with Crippen LogP contribution in [0.1, 0.15) is 22.8 Å². The van der Waals surface area contributed by atoms with Crippen LogP contribution >= 0.6 is 23.1 Å². The summed E-state index contributed by atoms with van der Waals surface area (Å²) in [6.45, 7) is 2.32. The largest absolute Gasteiger partial charge is 0.497 e. The Labute approximate surface area is 268 Å². The molecule has 0 aliphatic carbocycles. The van der Waals surface area contributed by atoms with Crippen LogP contribution in [0.4, 0.5) is 10.8 Å². The number of nitrogens with zero attached hydrogens (tertiary/aromatic N) is 1. The Bertz CT molecular complexity index is 1860. The number of hydrogen-bond acceptors (Lipinski definition) is 8. The number of carbonyl (C=O) groups is 3. The summed E-state index contributed by atoms with van der Waals surface area (Å²) in [5, 5.41) is 8.97. The first-order chi connectivity index (χ1) is 21.9. The summed E-state index contributed by atoms with van der Waals surface area (Å²) >= 11 is 2.69. The third kappa shape index (κ3) is 8.49. The van der Waals surface area contributed by atoms with Crippen LogP contribution in [0.25, 0.3) is 16.3 Å². The maximum Gasteiger partial charge on any atom is 0.272 e. The van der Waals surface area contributed by atoms with Crippen molar-refractivity contribution < 1.29 is 23.9 Å². The van der Waals surface area contributed by atoms with Crippen LogP contribution in [0, 0.1) is 0 Å². The summed E-state index contributed by atoms with van der Waals surface area (Å²) in [5.41, 5.74) is 2.38. The molecule has 9 nitrogen and oxygen atoms in total. The molecule has 0 unspecified atom stereocenters.